The van der Waals surface area contributed by atoms with Crippen LogP contribution in [0.15, 0.2) is 0 Å². The molecular weight excluding hydrogens is 310 g/mol. The third-order valence-corrected chi connectivity index (χ3v) is 5.65. The SMILES string of the molecule is C[C@H](N[C@@H]1CCN(C(=O)OC(C)(C)C)C1)c1nc2c(s1)CCC2. The molecule has 0 saturated carbocycles. The van der Waals surface area contributed by atoms with Gasteiger partial charge in [0.2, 0.25) is 0 Å². The number of nitrogens with zero attached hydrogens (tertiary/aromatic N) is 2. The Morgan fingerprint density at radius 3 is 2.91 bits per heavy atom. The van der Waals surface area contributed by atoms with Crippen LogP contribution in [0.1, 0.15) is 62.2 Å². The van der Waals surface area contributed by atoms with Gasteiger partial charge in [-0.2, -0.15) is 0 Å². The van der Waals surface area contributed by atoms with Crippen molar-refractivity contribution in [1.82, 2.24) is 15.2 Å². The van der Waals surface area contributed by atoms with Gasteiger partial charge in [-0.05, 0) is 53.4 Å². The summed E-state index contributed by atoms with van der Waals surface area (Å²) in [5.74, 6) is 0. The van der Waals surface area contributed by atoms with Crippen molar-refractivity contribution >= 4 is 17.4 Å². The van der Waals surface area contributed by atoms with E-state index in [0.29, 0.717) is 12.6 Å². The molecule has 1 aliphatic heterocycles. The number of amides is 1. The van der Waals surface area contributed by atoms with Gasteiger partial charge in [-0.15, -0.1) is 11.3 Å². The second-order valence-electron chi connectivity index (χ2n) is 7.58. The van der Waals surface area contributed by atoms with Crippen LogP contribution in [-0.2, 0) is 17.6 Å². The number of aromatic nitrogens is 1. The van der Waals surface area contributed by atoms with E-state index in [0.717, 1.165) is 19.4 Å². The van der Waals surface area contributed by atoms with Crippen molar-refractivity contribution in [2.75, 3.05) is 13.1 Å². The Morgan fingerprint density at radius 1 is 1.43 bits per heavy atom. The average molecular weight is 337 g/mol. The Hall–Kier alpha value is -1.14. The molecule has 5 nitrogen and oxygen atoms in total. The number of thiazole rings is 1. The van der Waals surface area contributed by atoms with Gasteiger partial charge in [0.15, 0.2) is 0 Å². The molecule has 23 heavy (non-hydrogen) atoms. The van der Waals surface area contributed by atoms with E-state index in [9.17, 15) is 4.79 Å². The fraction of sp³-hybridized carbons (Fsp3) is 0.765. The van der Waals surface area contributed by atoms with E-state index in [1.54, 1.807) is 4.90 Å². The molecule has 1 amide bonds. The van der Waals surface area contributed by atoms with Crippen molar-refractivity contribution in [3.05, 3.63) is 15.6 Å². The summed E-state index contributed by atoms with van der Waals surface area (Å²) in [4.78, 5) is 20.2. The van der Waals surface area contributed by atoms with Crippen molar-refractivity contribution in [3.63, 3.8) is 0 Å². The summed E-state index contributed by atoms with van der Waals surface area (Å²) in [5.41, 5.74) is 0.873. The molecule has 0 unspecified atom stereocenters. The number of hydrogen-bond acceptors (Lipinski definition) is 5. The fourth-order valence-corrected chi connectivity index (χ4v) is 4.37. The van der Waals surface area contributed by atoms with Crippen LogP contribution in [0.3, 0.4) is 0 Å². The Morgan fingerprint density at radius 2 is 2.22 bits per heavy atom. The molecule has 2 atom stereocenters. The molecule has 1 aliphatic carbocycles. The van der Waals surface area contributed by atoms with Crippen LogP contribution in [0, 0.1) is 0 Å². The number of aryl methyl sites for hydroxylation is 2. The van der Waals surface area contributed by atoms with Crippen LogP contribution >= 0.6 is 11.3 Å². The quantitative estimate of drug-likeness (QED) is 0.919. The Bertz CT molecular complexity index is 557. The summed E-state index contributed by atoms with van der Waals surface area (Å²) in [6.07, 6.45) is 4.34. The molecule has 1 saturated heterocycles. The van der Waals surface area contributed by atoms with Crippen molar-refractivity contribution < 1.29 is 9.53 Å². The zero-order valence-electron chi connectivity index (χ0n) is 14.5. The summed E-state index contributed by atoms with van der Waals surface area (Å²) < 4.78 is 5.45. The highest BCUT2D eigenvalue weighted by atomic mass is 32.1. The van der Waals surface area contributed by atoms with Crippen LogP contribution < -0.4 is 5.32 Å². The Labute approximate surface area is 142 Å². The maximum absolute atomic E-state index is 12.1. The Kier molecular flexibility index (Phi) is 4.65. The molecule has 6 heteroatoms. The lowest BCUT2D eigenvalue weighted by molar-refractivity contribution is 0.0290. The summed E-state index contributed by atoms with van der Waals surface area (Å²) in [6.45, 7) is 9.35. The van der Waals surface area contributed by atoms with Crippen molar-refractivity contribution in [2.45, 2.75) is 71.1 Å². The van der Waals surface area contributed by atoms with E-state index in [4.69, 9.17) is 9.72 Å². The molecule has 1 aromatic heterocycles. The zero-order valence-corrected chi connectivity index (χ0v) is 15.3. The van der Waals surface area contributed by atoms with Crippen LogP contribution in [-0.4, -0.2) is 40.7 Å². The fourth-order valence-electron chi connectivity index (χ4n) is 3.21. The second-order valence-corrected chi connectivity index (χ2v) is 8.69. The van der Waals surface area contributed by atoms with Gasteiger partial charge in [0.05, 0.1) is 11.7 Å². The van der Waals surface area contributed by atoms with E-state index in [1.807, 2.05) is 32.1 Å². The highest BCUT2D eigenvalue weighted by Crippen LogP contribution is 2.31. The summed E-state index contributed by atoms with van der Waals surface area (Å²) in [5, 5.41) is 4.82. The third-order valence-electron chi connectivity index (χ3n) is 4.31. The summed E-state index contributed by atoms with van der Waals surface area (Å²) in [7, 11) is 0. The molecule has 1 aromatic rings. The number of carbonyl (C=O) groups is 1. The number of likely N-dealkylation sites (tertiary alicyclic amines) is 1. The highest BCUT2D eigenvalue weighted by Gasteiger charge is 2.31. The lowest BCUT2D eigenvalue weighted by Crippen LogP contribution is -2.39. The van der Waals surface area contributed by atoms with E-state index in [1.165, 1.54) is 28.4 Å². The van der Waals surface area contributed by atoms with Crippen LogP contribution in [0.2, 0.25) is 0 Å². The normalized spacial score (nSPS) is 22.3. The van der Waals surface area contributed by atoms with E-state index in [2.05, 4.69) is 12.2 Å². The number of hydrogen-bond donors (Lipinski definition) is 1. The first-order chi connectivity index (χ1) is 10.8. The standard InChI is InChI=1S/C17H27N3O2S/c1-11(15-19-13-6-5-7-14(13)23-15)18-12-8-9-20(10-12)16(21)22-17(2,3)4/h11-12,18H,5-10H2,1-4H3/t11-,12+/m0/s1. The molecule has 0 aromatic carbocycles. The van der Waals surface area contributed by atoms with Gasteiger partial charge in [-0.1, -0.05) is 0 Å². The molecule has 2 heterocycles. The van der Waals surface area contributed by atoms with Crippen LogP contribution in [0.4, 0.5) is 4.79 Å². The Balaban J connectivity index is 1.52. The molecule has 1 fully saturated rings. The minimum atomic E-state index is -0.433. The summed E-state index contributed by atoms with van der Waals surface area (Å²) in [6, 6.07) is 0.561. The third kappa shape index (κ3) is 4.04. The first kappa shape index (κ1) is 16.7. The molecule has 2 aliphatic rings. The van der Waals surface area contributed by atoms with E-state index < -0.39 is 5.60 Å². The second kappa shape index (κ2) is 6.40. The lowest BCUT2D eigenvalue weighted by atomic mass is 10.2. The van der Waals surface area contributed by atoms with Crippen LogP contribution in [0.5, 0.6) is 0 Å². The maximum atomic E-state index is 12.1. The predicted octanol–water partition coefficient (Wildman–Crippen LogP) is 3.29. The van der Waals surface area contributed by atoms with Crippen molar-refractivity contribution in [1.29, 1.82) is 0 Å². The minimum Gasteiger partial charge on any atom is -0.444 e. The number of fused-ring (bicyclic) bond motifs is 1. The highest BCUT2D eigenvalue weighted by molar-refractivity contribution is 7.11. The van der Waals surface area contributed by atoms with Gasteiger partial charge >= 0.3 is 6.09 Å². The molecule has 128 valence electrons. The van der Waals surface area contributed by atoms with Gasteiger partial charge in [0, 0.05) is 24.0 Å². The largest absolute Gasteiger partial charge is 0.444 e. The van der Waals surface area contributed by atoms with E-state index >= 15 is 0 Å². The number of nitrogens with one attached hydrogen (secondary N) is 1. The van der Waals surface area contributed by atoms with Crippen molar-refractivity contribution in [2.24, 2.45) is 0 Å². The number of ether oxygens (including phenoxy) is 1. The van der Waals surface area contributed by atoms with Gasteiger partial charge in [-0.25, -0.2) is 9.78 Å². The van der Waals surface area contributed by atoms with Crippen LogP contribution in [0.25, 0.3) is 0 Å². The van der Waals surface area contributed by atoms with Crippen molar-refractivity contribution in [3.8, 4) is 0 Å². The average Bonchev–Trinajstić information content (AvgIpc) is 3.10. The smallest absolute Gasteiger partial charge is 0.410 e. The van der Waals surface area contributed by atoms with Gasteiger partial charge in [0.1, 0.15) is 10.6 Å². The first-order valence-corrected chi connectivity index (χ1v) is 9.36. The van der Waals surface area contributed by atoms with E-state index in [-0.39, 0.29) is 12.1 Å². The first-order valence-electron chi connectivity index (χ1n) is 8.54. The zero-order chi connectivity index (χ0) is 16.6. The summed E-state index contributed by atoms with van der Waals surface area (Å²) >= 11 is 1.85. The topological polar surface area (TPSA) is 54.5 Å². The molecule has 0 bridgehead atoms. The molecule has 3 rings (SSSR count). The van der Waals surface area contributed by atoms with Gasteiger partial charge in [-0.3, -0.25) is 0 Å². The predicted molar refractivity (Wildman–Crippen MR) is 91.9 cm³/mol. The van der Waals surface area contributed by atoms with Gasteiger partial charge < -0.3 is 15.0 Å². The molecule has 1 N–H and O–H groups in total. The molecule has 0 spiro atoms. The number of carbonyl (C=O) groups excluding carboxylic acids is 1. The molecule has 0 radical (unpaired) electrons. The minimum absolute atomic E-state index is 0.206. The maximum Gasteiger partial charge on any atom is 0.410 e. The van der Waals surface area contributed by atoms with Gasteiger partial charge in [0.25, 0.3) is 0 Å². The monoisotopic (exact) mass is 337 g/mol. The molecular formula is C17H27N3O2S. The lowest BCUT2D eigenvalue weighted by Gasteiger charge is -2.24. The number of rotatable bonds is 3.